The molecule has 3 heterocycles. The van der Waals surface area contributed by atoms with Crippen LogP contribution in [-0.4, -0.2) is 72.7 Å². The van der Waals surface area contributed by atoms with E-state index in [-0.39, 0.29) is 23.7 Å². The van der Waals surface area contributed by atoms with Crippen LogP contribution in [0, 0.1) is 0 Å². The van der Waals surface area contributed by atoms with Gasteiger partial charge < -0.3 is 19.7 Å². The summed E-state index contributed by atoms with van der Waals surface area (Å²) in [6, 6.07) is 1.86. The van der Waals surface area contributed by atoms with Crippen molar-refractivity contribution in [1.29, 1.82) is 0 Å². The van der Waals surface area contributed by atoms with E-state index in [0.29, 0.717) is 24.2 Å². The van der Waals surface area contributed by atoms with E-state index in [1.807, 2.05) is 26.0 Å². The van der Waals surface area contributed by atoms with E-state index in [0.717, 1.165) is 37.2 Å². The van der Waals surface area contributed by atoms with Crippen molar-refractivity contribution in [2.75, 3.05) is 38.8 Å². The molecule has 1 fully saturated rings. The summed E-state index contributed by atoms with van der Waals surface area (Å²) in [4.78, 5) is 27.3. The van der Waals surface area contributed by atoms with Gasteiger partial charge >= 0.3 is 6.01 Å². The van der Waals surface area contributed by atoms with Crippen LogP contribution in [0.3, 0.4) is 0 Å². The molecule has 0 saturated carbocycles. The predicted molar refractivity (Wildman–Crippen MR) is 124 cm³/mol. The molecule has 10 heteroatoms. The van der Waals surface area contributed by atoms with Gasteiger partial charge in [-0.15, -0.1) is 0 Å². The van der Waals surface area contributed by atoms with Crippen LogP contribution in [-0.2, 0) is 4.74 Å². The standard InChI is InChI=1S/C22H31N7O3/c1-6-7-16-19(27-28-20(16)23-3)15-8-10-29(11-9-15)18-12-17(21(30)24-4)25-22(26-18)32-14(2)13-31-5/h6-7,12,14-15H,3,8-11,13H2,1-2,4-5H3,(H,24,30)(H,27,28)/b7-6-/t14-/m1/s1. The number of rotatable bonds is 9. The second-order valence-corrected chi connectivity index (χ2v) is 7.65. The Morgan fingerprint density at radius 3 is 2.81 bits per heavy atom. The largest absolute Gasteiger partial charge is 0.458 e. The molecule has 1 aliphatic heterocycles. The molecule has 1 aliphatic rings. The highest BCUT2D eigenvalue weighted by Crippen LogP contribution is 2.34. The summed E-state index contributed by atoms with van der Waals surface area (Å²) in [5.41, 5.74) is 2.27. The first-order chi connectivity index (χ1) is 15.5. The number of ether oxygens (including phenoxy) is 2. The number of allylic oxidation sites excluding steroid dienone is 1. The fourth-order valence-electron chi connectivity index (χ4n) is 3.82. The minimum atomic E-state index is -0.287. The van der Waals surface area contributed by atoms with E-state index in [4.69, 9.17) is 9.47 Å². The molecule has 2 aromatic rings. The normalized spacial score (nSPS) is 15.7. The highest BCUT2D eigenvalue weighted by atomic mass is 16.5. The monoisotopic (exact) mass is 441 g/mol. The Kier molecular flexibility index (Phi) is 7.93. The van der Waals surface area contributed by atoms with Crippen molar-refractivity contribution in [2.45, 2.75) is 38.7 Å². The topological polar surface area (TPSA) is 118 Å². The van der Waals surface area contributed by atoms with E-state index in [9.17, 15) is 4.79 Å². The molecule has 0 aromatic carbocycles. The van der Waals surface area contributed by atoms with Crippen molar-refractivity contribution in [2.24, 2.45) is 4.99 Å². The lowest BCUT2D eigenvalue weighted by molar-refractivity contribution is 0.0844. The van der Waals surface area contributed by atoms with Crippen LogP contribution in [0.2, 0.25) is 0 Å². The number of methoxy groups -OCH3 is 1. The van der Waals surface area contributed by atoms with E-state index in [1.165, 1.54) is 0 Å². The maximum absolute atomic E-state index is 12.2. The highest BCUT2D eigenvalue weighted by Gasteiger charge is 2.27. The van der Waals surface area contributed by atoms with Crippen LogP contribution in [0.4, 0.5) is 11.6 Å². The summed E-state index contributed by atoms with van der Waals surface area (Å²) in [6.07, 6.45) is 5.53. The second-order valence-electron chi connectivity index (χ2n) is 7.65. The number of piperidine rings is 1. The molecule has 0 bridgehead atoms. The van der Waals surface area contributed by atoms with Crippen molar-refractivity contribution in [3.63, 3.8) is 0 Å². The summed E-state index contributed by atoms with van der Waals surface area (Å²) < 4.78 is 10.9. The maximum atomic E-state index is 12.2. The second kappa shape index (κ2) is 10.9. The SMILES string of the molecule is C=Nc1[nH]nc(C2CCN(c3cc(C(=O)NC)nc(O[C@H](C)COC)n3)CC2)c1/C=C\C. The van der Waals surface area contributed by atoms with Gasteiger partial charge in [0.05, 0.1) is 12.3 Å². The molecule has 3 rings (SSSR count). The zero-order valence-corrected chi connectivity index (χ0v) is 19.1. The van der Waals surface area contributed by atoms with Gasteiger partial charge in [0.15, 0.2) is 5.82 Å². The number of aromatic nitrogens is 4. The third-order valence-corrected chi connectivity index (χ3v) is 5.37. The molecule has 10 nitrogen and oxygen atoms in total. The molecule has 1 saturated heterocycles. The number of H-pyrrole nitrogens is 1. The van der Waals surface area contributed by atoms with E-state index < -0.39 is 0 Å². The molecule has 0 aliphatic carbocycles. The van der Waals surface area contributed by atoms with Gasteiger partial charge in [0, 0.05) is 44.8 Å². The number of aromatic amines is 1. The molecule has 172 valence electrons. The lowest BCUT2D eigenvalue weighted by atomic mass is 9.91. The number of amides is 1. The van der Waals surface area contributed by atoms with E-state index in [1.54, 1.807) is 20.2 Å². The quantitative estimate of drug-likeness (QED) is 0.575. The summed E-state index contributed by atoms with van der Waals surface area (Å²) in [7, 11) is 3.18. The summed E-state index contributed by atoms with van der Waals surface area (Å²) in [6.45, 7) is 9.39. The lowest BCUT2D eigenvalue weighted by Gasteiger charge is -2.32. The fourth-order valence-corrected chi connectivity index (χ4v) is 3.82. The zero-order chi connectivity index (χ0) is 23.1. The molecule has 2 aromatic heterocycles. The van der Waals surface area contributed by atoms with Gasteiger partial charge in [-0.25, -0.2) is 4.99 Å². The van der Waals surface area contributed by atoms with Crippen LogP contribution in [0.5, 0.6) is 6.01 Å². The third-order valence-electron chi connectivity index (χ3n) is 5.37. The zero-order valence-electron chi connectivity index (χ0n) is 19.1. The Morgan fingerprint density at radius 1 is 1.44 bits per heavy atom. The Labute approximate surface area is 188 Å². The highest BCUT2D eigenvalue weighted by molar-refractivity contribution is 5.92. The minimum absolute atomic E-state index is 0.164. The van der Waals surface area contributed by atoms with E-state index >= 15 is 0 Å². The molecule has 0 unspecified atom stereocenters. The number of nitrogens with one attached hydrogen (secondary N) is 2. The average molecular weight is 442 g/mol. The molecular weight excluding hydrogens is 410 g/mol. The molecule has 1 atom stereocenters. The number of aliphatic imine (C=N–C) groups is 1. The van der Waals surface area contributed by atoms with Crippen LogP contribution in [0.25, 0.3) is 6.08 Å². The van der Waals surface area contributed by atoms with Gasteiger partial charge in [-0.1, -0.05) is 12.2 Å². The molecule has 2 N–H and O–H groups in total. The number of hydrogen-bond donors (Lipinski definition) is 2. The van der Waals surface area contributed by atoms with Crippen LogP contribution in [0.15, 0.2) is 17.1 Å². The van der Waals surface area contributed by atoms with Crippen LogP contribution < -0.4 is 15.0 Å². The fraction of sp³-hybridized carbons (Fsp3) is 0.500. The number of carbonyl (C=O) groups excluding carboxylic acids is 1. The lowest BCUT2D eigenvalue weighted by Crippen LogP contribution is -2.34. The Morgan fingerprint density at radius 2 is 2.19 bits per heavy atom. The minimum Gasteiger partial charge on any atom is -0.458 e. The number of anilines is 1. The van der Waals surface area contributed by atoms with Gasteiger partial charge in [0.1, 0.15) is 17.6 Å². The average Bonchev–Trinajstić information content (AvgIpc) is 3.21. The molecule has 0 radical (unpaired) electrons. The Bertz CT molecular complexity index is 964. The first kappa shape index (κ1) is 23.4. The Balaban J connectivity index is 1.79. The van der Waals surface area contributed by atoms with Gasteiger partial charge in [0.2, 0.25) is 0 Å². The van der Waals surface area contributed by atoms with Crippen LogP contribution in [0.1, 0.15) is 54.4 Å². The third kappa shape index (κ3) is 5.31. The smallest absolute Gasteiger partial charge is 0.319 e. The summed E-state index contributed by atoms with van der Waals surface area (Å²) in [5.74, 6) is 1.37. The maximum Gasteiger partial charge on any atom is 0.319 e. The first-order valence-corrected chi connectivity index (χ1v) is 10.7. The van der Waals surface area contributed by atoms with Gasteiger partial charge in [0.25, 0.3) is 5.91 Å². The van der Waals surface area contributed by atoms with Crippen molar-refractivity contribution < 1.29 is 14.3 Å². The number of hydrogen-bond acceptors (Lipinski definition) is 8. The van der Waals surface area contributed by atoms with E-state index in [2.05, 4.69) is 42.1 Å². The number of carbonyl (C=O) groups is 1. The van der Waals surface area contributed by atoms with Gasteiger partial charge in [-0.05, 0) is 33.4 Å². The van der Waals surface area contributed by atoms with Crippen molar-refractivity contribution in [3.05, 3.63) is 29.1 Å². The summed E-state index contributed by atoms with van der Waals surface area (Å²) >= 11 is 0. The summed E-state index contributed by atoms with van der Waals surface area (Å²) in [5, 5.41) is 10.1. The number of nitrogens with zero attached hydrogens (tertiary/aromatic N) is 5. The van der Waals surface area contributed by atoms with Crippen molar-refractivity contribution in [1.82, 2.24) is 25.5 Å². The van der Waals surface area contributed by atoms with Crippen molar-refractivity contribution >= 4 is 30.3 Å². The van der Waals surface area contributed by atoms with Gasteiger partial charge in [-0.3, -0.25) is 9.89 Å². The van der Waals surface area contributed by atoms with Crippen LogP contribution >= 0.6 is 0 Å². The van der Waals surface area contributed by atoms with Crippen molar-refractivity contribution in [3.8, 4) is 6.01 Å². The Hall–Kier alpha value is -3.27. The molecule has 1 amide bonds. The first-order valence-electron chi connectivity index (χ1n) is 10.7. The molecule has 32 heavy (non-hydrogen) atoms. The predicted octanol–water partition coefficient (Wildman–Crippen LogP) is 2.72. The van der Waals surface area contributed by atoms with Gasteiger partial charge in [-0.2, -0.15) is 15.1 Å². The molecular formula is C22H31N7O3. The molecule has 0 spiro atoms.